The first-order chi connectivity index (χ1) is 14.8. The minimum Gasteiger partial charge on any atom is -0.481 e. The molecule has 0 spiro atoms. The van der Waals surface area contributed by atoms with Gasteiger partial charge in [-0.05, 0) is 60.9 Å². The largest absolute Gasteiger partial charge is 0.481 e. The lowest BCUT2D eigenvalue weighted by atomic mass is 9.87. The van der Waals surface area contributed by atoms with E-state index in [9.17, 15) is 9.59 Å². The standard InChI is InChI=1S/C26H34N2O3/c1-5-23(31-20-15-13-19(14-16-20)26(2,3)4)24(29)27-22-12-8-7-11-21(22)25(30)28-17-9-6-10-18-28/h7-8,11-16,23H,5-6,9-10,17-18H2,1-4H3,(H,27,29)/t23-/m0/s1. The van der Waals surface area contributed by atoms with E-state index < -0.39 is 6.10 Å². The van der Waals surface area contributed by atoms with E-state index in [4.69, 9.17) is 4.74 Å². The van der Waals surface area contributed by atoms with Crippen LogP contribution < -0.4 is 10.1 Å². The van der Waals surface area contributed by atoms with E-state index in [2.05, 4.69) is 26.1 Å². The van der Waals surface area contributed by atoms with Crippen LogP contribution in [0.2, 0.25) is 0 Å². The zero-order valence-corrected chi connectivity index (χ0v) is 19.1. The lowest BCUT2D eigenvalue weighted by Gasteiger charge is -2.27. The second-order valence-electron chi connectivity index (χ2n) is 9.18. The zero-order valence-electron chi connectivity index (χ0n) is 19.1. The fraction of sp³-hybridized carbons (Fsp3) is 0.462. The molecule has 3 rings (SSSR count). The van der Waals surface area contributed by atoms with Gasteiger partial charge in [0.2, 0.25) is 0 Å². The number of piperidine rings is 1. The summed E-state index contributed by atoms with van der Waals surface area (Å²) < 4.78 is 5.97. The molecule has 0 aromatic heterocycles. The van der Waals surface area contributed by atoms with E-state index in [0.29, 0.717) is 23.4 Å². The maximum atomic E-state index is 13.0. The number of anilines is 1. The Hall–Kier alpha value is -2.82. The van der Waals surface area contributed by atoms with Crippen LogP contribution >= 0.6 is 0 Å². The Balaban J connectivity index is 1.70. The molecule has 31 heavy (non-hydrogen) atoms. The third-order valence-corrected chi connectivity index (χ3v) is 5.72. The Morgan fingerprint density at radius 2 is 1.65 bits per heavy atom. The average Bonchev–Trinajstić information content (AvgIpc) is 2.77. The number of likely N-dealkylation sites (tertiary alicyclic amines) is 1. The van der Waals surface area contributed by atoms with Crippen LogP contribution in [0.4, 0.5) is 5.69 Å². The Kier molecular flexibility index (Phi) is 7.37. The lowest BCUT2D eigenvalue weighted by Crippen LogP contribution is -2.37. The van der Waals surface area contributed by atoms with Crippen LogP contribution in [0.5, 0.6) is 5.75 Å². The van der Waals surface area contributed by atoms with Crippen molar-refractivity contribution in [2.45, 2.75) is 64.9 Å². The lowest BCUT2D eigenvalue weighted by molar-refractivity contribution is -0.122. The molecule has 1 N–H and O–H groups in total. The normalized spacial score (nSPS) is 15.3. The number of rotatable bonds is 6. The number of carbonyl (C=O) groups excluding carboxylic acids is 2. The highest BCUT2D eigenvalue weighted by atomic mass is 16.5. The number of nitrogens with zero attached hydrogens (tertiary/aromatic N) is 1. The number of ether oxygens (including phenoxy) is 1. The van der Waals surface area contributed by atoms with Crippen LogP contribution in [0.1, 0.15) is 69.3 Å². The van der Waals surface area contributed by atoms with Gasteiger partial charge < -0.3 is 15.0 Å². The molecule has 0 radical (unpaired) electrons. The van der Waals surface area contributed by atoms with Crippen molar-refractivity contribution in [3.8, 4) is 5.75 Å². The van der Waals surface area contributed by atoms with Crippen LogP contribution in [0.3, 0.4) is 0 Å². The van der Waals surface area contributed by atoms with Crippen molar-refractivity contribution in [3.63, 3.8) is 0 Å². The number of benzene rings is 2. The zero-order chi connectivity index (χ0) is 22.4. The number of hydrogen-bond acceptors (Lipinski definition) is 3. The second-order valence-corrected chi connectivity index (χ2v) is 9.18. The first kappa shape index (κ1) is 22.9. The minimum absolute atomic E-state index is 0.0256. The van der Waals surface area contributed by atoms with Gasteiger partial charge in [-0.2, -0.15) is 0 Å². The molecule has 1 heterocycles. The van der Waals surface area contributed by atoms with E-state index in [1.165, 1.54) is 5.56 Å². The van der Waals surface area contributed by atoms with Crippen molar-refractivity contribution >= 4 is 17.5 Å². The van der Waals surface area contributed by atoms with Gasteiger partial charge in [0.25, 0.3) is 11.8 Å². The summed E-state index contributed by atoms with van der Waals surface area (Å²) >= 11 is 0. The van der Waals surface area contributed by atoms with Crippen LogP contribution in [0.25, 0.3) is 0 Å². The van der Waals surface area contributed by atoms with Gasteiger partial charge in [0.15, 0.2) is 6.10 Å². The number of carbonyl (C=O) groups is 2. The van der Waals surface area contributed by atoms with Gasteiger partial charge in [-0.3, -0.25) is 9.59 Å². The first-order valence-electron chi connectivity index (χ1n) is 11.3. The maximum absolute atomic E-state index is 13.0. The summed E-state index contributed by atoms with van der Waals surface area (Å²) in [6.07, 6.45) is 3.10. The highest BCUT2D eigenvalue weighted by Gasteiger charge is 2.24. The summed E-state index contributed by atoms with van der Waals surface area (Å²) in [7, 11) is 0. The van der Waals surface area contributed by atoms with Gasteiger partial charge >= 0.3 is 0 Å². The molecular weight excluding hydrogens is 388 g/mol. The second kappa shape index (κ2) is 9.99. The SMILES string of the molecule is CC[C@H](Oc1ccc(C(C)(C)C)cc1)C(=O)Nc1ccccc1C(=O)N1CCCCC1. The topological polar surface area (TPSA) is 58.6 Å². The summed E-state index contributed by atoms with van der Waals surface area (Å²) in [5.41, 5.74) is 2.34. The fourth-order valence-corrected chi connectivity index (χ4v) is 3.78. The van der Waals surface area contributed by atoms with E-state index in [-0.39, 0.29) is 17.2 Å². The molecule has 1 aliphatic rings. The van der Waals surface area contributed by atoms with E-state index in [0.717, 1.165) is 32.4 Å². The van der Waals surface area contributed by atoms with E-state index in [1.807, 2.05) is 48.2 Å². The van der Waals surface area contributed by atoms with Crippen molar-refractivity contribution in [1.82, 2.24) is 4.90 Å². The van der Waals surface area contributed by atoms with Crippen molar-refractivity contribution < 1.29 is 14.3 Å². The molecule has 5 nitrogen and oxygen atoms in total. The molecule has 0 saturated carbocycles. The first-order valence-corrected chi connectivity index (χ1v) is 11.3. The van der Waals surface area contributed by atoms with Gasteiger partial charge in [-0.1, -0.05) is 52.0 Å². The van der Waals surface area contributed by atoms with Gasteiger partial charge in [-0.25, -0.2) is 0 Å². The average molecular weight is 423 g/mol. The monoisotopic (exact) mass is 422 g/mol. The summed E-state index contributed by atoms with van der Waals surface area (Å²) in [5.74, 6) is 0.385. The van der Waals surface area contributed by atoms with Gasteiger partial charge in [0.05, 0.1) is 11.3 Å². The molecule has 0 bridgehead atoms. The molecule has 0 aliphatic carbocycles. The van der Waals surface area contributed by atoms with Crippen molar-refractivity contribution in [1.29, 1.82) is 0 Å². The summed E-state index contributed by atoms with van der Waals surface area (Å²) in [6.45, 7) is 9.94. The Labute approximate surface area is 185 Å². The highest BCUT2D eigenvalue weighted by molar-refractivity contribution is 6.04. The Bertz CT molecular complexity index is 894. The number of nitrogens with one attached hydrogen (secondary N) is 1. The number of amides is 2. The molecule has 1 aliphatic heterocycles. The summed E-state index contributed by atoms with van der Waals surface area (Å²) in [4.78, 5) is 27.8. The molecule has 2 aromatic carbocycles. The van der Waals surface area contributed by atoms with Crippen LogP contribution in [0, 0.1) is 0 Å². The van der Waals surface area contributed by atoms with Crippen molar-refractivity contribution in [3.05, 3.63) is 59.7 Å². The molecule has 0 unspecified atom stereocenters. The fourth-order valence-electron chi connectivity index (χ4n) is 3.78. The molecular formula is C26H34N2O3. The Morgan fingerprint density at radius 1 is 1.00 bits per heavy atom. The van der Waals surface area contributed by atoms with Crippen molar-refractivity contribution in [2.24, 2.45) is 0 Å². The number of hydrogen-bond donors (Lipinski definition) is 1. The van der Waals surface area contributed by atoms with Crippen LogP contribution in [0.15, 0.2) is 48.5 Å². The minimum atomic E-state index is -0.640. The van der Waals surface area contributed by atoms with E-state index in [1.54, 1.807) is 12.1 Å². The molecule has 2 amide bonds. The molecule has 166 valence electrons. The molecule has 1 atom stereocenters. The predicted molar refractivity (Wildman–Crippen MR) is 125 cm³/mol. The molecule has 1 fully saturated rings. The predicted octanol–water partition coefficient (Wildman–Crippen LogP) is 5.41. The van der Waals surface area contributed by atoms with Gasteiger partial charge in [-0.15, -0.1) is 0 Å². The van der Waals surface area contributed by atoms with Crippen LogP contribution in [-0.4, -0.2) is 35.9 Å². The Morgan fingerprint density at radius 3 is 2.26 bits per heavy atom. The number of para-hydroxylation sites is 1. The third-order valence-electron chi connectivity index (χ3n) is 5.72. The van der Waals surface area contributed by atoms with Gasteiger partial charge in [0.1, 0.15) is 5.75 Å². The van der Waals surface area contributed by atoms with Crippen molar-refractivity contribution in [2.75, 3.05) is 18.4 Å². The smallest absolute Gasteiger partial charge is 0.265 e. The van der Waals surface area contributed by atoms with Gasteiger partial charge in [0, 0.05) is 13.1 Å². The molecule has 5 heteroatoms. The van der Waals surface area contributed by atoms with E-state index >= 15 is 0 Å². The third kappa shape index (κ3) is 5.87. The molecule has 2 aromatic rings. The highest BCUT2D eigenvalue weighted by Crippen LogP contribution is 2.25. The molecule has 1 saturated heterocycles. The van der Waals surface area contributed by atoms with Crippen LogP contribution in [-0.2, 0) is 10.2 Å². The quantitative estimate of drug-likeness (QED) is 0.677. The summed E-state index contributed by atoms with van der Waals surface area (Å²) in [6, 6.07) is 15.1. The maximum Gasteiger partial charge on any atom is 0.265 e. The summed E-state index contributed by atoms with van der Waals surface area (Å²) in [5, 5.41) is 2.93.